The van der Waals surface area contributed by atoms with Crippen LogP contribution in [-0.4, -0.2) is 25.0 Å². The van der Waals surface area contributed by atoms with E-state index >= 15 is 0 Å². The normalized spacial score (nSPS) is 26.4. The summed E-state index contributed by atoms with van der Waals surface area (Å²) in [6, 6.07) is 13.9. The van der Waals surface area contributed by atoms with Gasteiger partial charge in [0.05, 0.1) is 0 Å². The Bertz CT molecular complexity index is 986. The highest BCUT2D eigenvalue weighted by atomic mass is 16.6. The number of fused-ring (bicyclic) bond motifs is 2. The maximum Gasteiger partial charge on any atom is 0.343 e. The Morgan fingerprint density at radius 1 is 1.14 bits per heavy atom. The highest BCUT2D eigenvalue weighted by Crippen LogP contribution is 2.48. The van der Waals surface area contributed by atoms with E-state index in [9.17, 15) is 9.59 Å². The molecule has 0 aromatic heterocycles. The Kier molecular flexibility index (Phi) is 5.07. The Hall–Kier alpha value is -2.46. The van der Waals surface area contributed by atoms with Crippen LogP contribution >= 0.6 is 0 Å². The molecule has 0 saturated heterocycles. The van der Waals surface area contributed by atoms with Crippen molar-refractivity contribution in [2.24, 2.45) is 5.41 Å². The summed E-state index contributed by atoms with van der Waals surface area (Å²) in [6.45, 7) is 3.91. The summed E-state index contributed by atoms with van der Waals surface area (Å²) in [4.78, 5) is 25.4. The molecule has 2 aromatic rings. The molecule has 29 heavy (non-hydrogen) atoms. The fourth-order valence-corrected chi connectivity index (χ4v) is 4.87. The van der Waals surface area contributed by atoms with Crippen molar-refractivity contribution in [2.75, 3.05) is 7.11 Å². The predicted octanol–water partition coefficient (Wildman–Crippen LogP) is 5.09. The van der Waals surface area contributed by atoms with Gasteiger partial charge in [-0.2, -0.15) is 0 Å². The average Bonchev–Trinajstić information content (AvgIpc) is 2.74. The van der Waals surface area contributed by atoms with E-state index in [1.54, 1.807) is 20.1 Å². The molecule has 1 fully saturated rings. The van der Waals surface area contributed by atoms with Gasteiger partial charge in [0.25, 0.3) is 0 Å². The van der Waals surface area contributed by atoms with Gasteiger partial charge < -0.3 is 9.47 Å². The molecule has 0 heterocycles. The second-order valence-corrected chi connectivity index (χ2v) is 8.60. The first-order valence-corrected chi connectivity index (χ1v) is 10.4. The average molecular weight is 392 g/mol. The number of methoxy groups -OCH3 is 1. The summed E-state index contributed by atoms with van der Waals surface area (Å²) in [6.07, 6.45) is 5.41. The summed E-state index contributed by atoms with van der Waals surface area (Å²) >= 11 is 0. The Labute approximate surface area is 171 Å². The van der Waals surface area contributed by atoms with Crippen molar-refractivity contribution in [2.45, 2.75) is 57.7 Å². The quantitative estimate of drug-likeness (QED) is 0.680. The van der Waals surface area contributed by atoms with E-state index in [0.717, 1.165) is 47.6 Å². The topological polar surface area (TPSA) is 52.6 Å². The van der Waals surface area contributed by atoms with E-state index in [1.807, 2.05) is 42.5 Å². The van der Waals surface area contributed by atoms with Gasteiger partial charge in [-0.3, -0.25) is 4.79 Å². The molecule has 2 aliphatic rings. The highest BCUT2D eigenvalue weighted by molar-refractivity contribution is 5.93. The molecule has 0 unspecified atom stereocenters. The molecular formula is C25H28O4. The van der Waals surface area contributed by atoms with Crippen molar-refractivity contribution in [3.05, 3.63) is 59.7 Å². The van der Waals surface area contributed by atoms with Crippen LogP contribution in [0.25, 0.3) is 10.8 Å². The summed E-state index contributed by atoms with van der Waals surface area (Å²) in [5.41, 5.74) is 0.457. The first-order chi connectivity index (χ1) is 13.9. The number of esters is 1. The van der Waals surface area contributed by atoms with E-state index < -0.39 is 5.60 Å². The van der Waals surface area contributed by atoms with Gasteiger partial charge in [-0.25, -0.2) is 4.79 Å². The molecule has 4 rings (SSSR count). The molecule has 0 amide bonds. The van der Waals surface area contributed by atoms with Crippen molar-refractivity contribution in [1.82, 2.24) is 0 Å². The van der Waals surface area contributed by atoms with Gasteiger partial charge in [-0.15, -0.1) is 0 Å². The SMILES string of the molecule is CO[C@](C)(C(=O)O[C@H]1CCCC2=CC(=O)CC[C@@]21C)c1cccc2ccccc12. The van der Waals surface area contributed by atoms with Crippen molar-refractivity contribution < 1.29 is 19.1 Å². The van der Waals surface area contributed by atoms with E-state index in [0.29, 0.717) is 6.42 Å². The number of benzene rings is 2. The Morgan fingerprint density at radius 3 is 2.69 bits per heavy atom. The lowest BCUT2D eigenvalue weighted by Gasteiger charge is -2.45. The minimum atomic E-state index is -1.21. The van der Waals surface area contributed by atoms with Gasteiger partial charge in [-0.05, 0) is 49.5 Å². The minimum Gasteiger partial charge on any atom is -0.459 e. The first-order valence-electron chi connectivity index (χ1n) is 10.4. The molecule has 2 aromatic carbocycles. The highest BCUT2D eigenvalue weighted by Gasteiger charge is 2.47. The molecule has 0 N–H and O–H groups in total. The fourth-order valence-electron chi connectivity index (χ4n) is 4.87. The standard InChI is InChI=1S/C25H28O4/c1-24-15-14-19(26)16-18(24)10-7-13-22(24)29-23(27)25(2,28-3)21-12-6-9-17-8-4-5-11-20(17)21/h4-6,8-9,11-12,16,22H,7,10,13-15H2,1-3H3/t22-,24-,25-/m0/s1. The number of carbonyl (C=O) groups is 2. The number of hydrogen-bond acceptors (Lipinski definition) is 4. The zero-order chi connectivity index (χ0) is 20.6. The molecule has 4 nitrogen and oxygen atoms in total. The van der Waals surface area contributed by atoms with Crippen molar-refractivity contribution in [3.63, 3.8) is 0 Å². The van der Waals surface area contributed by atoms with Gasteiger partial charge >= 0.3 is 5.97 Å². The molecule has 2 aliphatic carbocycles. The third-order valence-electron chi connectivity index (χ3n) is 6.93. The van der Waals surface area contributed by atoms with E-state index in [1.165, 1.54) is 0 Å². The second-order valence-electron chi connectivity index (χ2n) is 8.60. The minimum absolute atomic E-state index is 0.182. The third-order valence-corrected chi connectivity index (χ3v) is 6.93. The number of ether oxygens (including phenoxy) is 2. The Balaban J connectivity index is 1.67. The number of carbonyl (C=O) groups excluding carboxylic acids is 2. The molecular weight excluding hydrogens is 364 g/mol. The Morgan fingerprint density at radius 2 is 1.90 bits per heavy atom. The molecule has 4 heteroatoms. The zero-order valence-electron chi connectivity index (χ0n) is 17.4. The zero-order valence-corrected chi connectivity index (χ0v) is 17.4. The molecule has 0 radical (unpaired) electrons. The van der Waals surface area contributed by atoms with Gasteiger partial charge in [0.2, 0.25) is 0 Å². The fraction of sp³-hybridized carbons (Fsp3) is 0.440. The lowest BCUT2D eigenvalue weighted by atomic mass is 9.64. The van der Waals surface area contributed by atoms with Crippen LogP contribution < -0.4 is 0 Å². The molecule has 0 aliphatic heterocycles. The maximum atomic E-state index is 13.5. The largest absolute Gasteiger partial charge is 0.459 e. The summed E-state index contributed by atoms with van der Waals surface area (Å²) in [5.74, 6) is -0.192. The summed E-state index contributed by atoms with van der Waals surface area (Å²) in [7, 11) is 1.55. The van der Waals surface area contributed by atoms with Crippen molar-refractivity contribution in [3.8, 4) is 0 Å². The first kappa shape index (κ1) is 19.8. The van der Waals surface area contributed by atoms with Crippen LogP contribution in [0.3, 0.4) is 0 Å². The number of rotatable bonds is 4. The summed E-state index contributed by atoms with van der Waals surface area (Å²) in [5, 5.41) is 2.04. The number of hydrogen-bond donors (Lipinski definition) is 0. The third kappa shape index (κ3) is 3.29. The smallest absolute Gasteiger partial charge is 0.343 e. The molecule has 0 spiro atoms. The van der Waals surface area contributed by atoms with Crippen LogP contribution in [0.2, 0.25) is 0 Å². The van der Waals surface area contributed by atoms with Crippen LogP contribution in [0.5, 0.6) is 0 Å². The van der Waals surface area contributed by atoms with Gasteiger partial charge in [0.1, 0.15) is 6.10 Å². The van der Waals surface area contributed by atoms with Crippen LogP contribution in [0.15, 0.2) is 54.1 Å². The predicted molar refractivity (Wildman–Crippen MR) is 112 cm³/mol. The van der Waals surface area contributed by atoms with Crippen LogP contribution in [0, 0.1) is 5.41 Å². The molecule has 1 saturated carbocycles. The van der Waals surface area contributed by atoms with E-state index in [2.05, 4.69) is 6.92 Å². The molecule has 152 valence electrons. The monoisotopic (exact) mass is 392 g/mol. The van der Waals surface area contributed by atoms with Crippen molar-refractivity contribution >= 4 is 22.5 Å². The summed E-state index contributed by atoms with van der Waals surface area (Å²) < 4.78 is 11.9. The number of allylic oxidation sites excluding steroid dienone is 1. The van der Waals surface area contributed by atoms with E-state index in [-0.39, 0.29) is 23.3 Å². The van der Waals surface area contributed by atoms with Gasteiger partial charge in [0.15, 0.2) is 11.4 Å². The van der Waals surface area contributed by atoms with Gasteiger partial charge in [0, 0.05) is 24.5 Å². The van der Waals surface area contributed by atoms with Crippen LogP contribution in [-0.2, 0) is 24.7 Å². The van der Waals surface area contributed by atoms with Crippen LogP contribution in [0.1, 0.15) is 51.5 Å². The lowest BCUT2D eigenvalue weighted by Crippen LogP contribution is -2.46. The van der Waals surface area contributed by atoms with Crippen LogP contribution in [0.4, 0.5) is 0 Å². The van der Waals surface area contributed by atoms with Crippen molar-refractivity contribution in [1.29, 1.82) is 0 Å². The second kappa shape index (κ2) is 7.42. The molecule has 0 bridgehead atoms. The lowest BCUT2D eigenvalue weighted by molar-refractivity contribution is -0.181. The molecule has 3 atom stereocenters. The van der Waals surface area contributed by atoms with E-state index in [4.69, 9.17) is 9.47 Å². The number of ketones is 1. The van der Waals surface area contributed by atoms with Gasteiger partial charge in [-0.1, -0.05) is 55.0 Å². The maximum absolute atomic E-state index is 13.5.